The Balaban J connectivity index is 1.54. The molecule has 0 bridgehead atoms. The standard InChI is InChI=1S/C21H23FN4O/c1-14-4-3-5-18-20(14)16(21(27)24-18)13-23-15-6-7-19(17(22)12-15)26-10-8-25(2)9-11-26/h3-7,12-13,23H,8-11H2,1-2H3,(H,24,27). The summed E-state index contributed by atoms with van der Waals surface area (Å²) in [7, 11) is 2.08. The normalized spacial score (nSPS) is 18.6. The molecule has 6 heteroatoms. The highest BCUT2D eigenvalue weighted by Crippen LogP contribution is 2.34. The Morgan fingerprint density at radius 2 is 1.93 bits per heavy atom. The van der Waals surface area contributed by atoms with Crippen LogP contribution in [0.2, 0.25) is 0 Å². The average molecular weight is 366 g/mol. The van der Waals surface area contributed by atoms with E-state index in [9.17, 15) is 9.18 Å². The van der Waals surface area contributed by atoms with Gasteiger partial charge in [0.1, 0.15) is 5.82 Å². The van der Waals surface area contributed by atoms with Crippen molar-refractivity contribution in [2.24, 2.45) is 0 Å². The third kappa shape index (κ3) is 3.40. The summed E-state index contributed by atoms with van der Waals surface area (Å²) >= 11 is 0. The minimum Gasteiger partial charge on any atom is -0.367 e. The molecule has 0 atom stereocenters. The number of benzene rings is 2. The first-order valence-electron chi connectivity index (χ1n) is 9.14. The van der Waals surface area contributed by atoms with Crippen molar-refractivity contribution < 1.29 is 9.18 Å². The second-order valence-corrected chi connectivity index (χ2v) is 7.11. The quantitative estimate of drug-likeness (QED) is 0.819. The molecule has 0 spiro atoms. The molecule has 0 saturated carbocycles. The van der Waals surface area contributed by atoms with E-state index in [1.807, 2.05) is 31.2 Å². The predicted octanol–water partition coefficient (Wildman–Crippen LogP) is 3.29. The van der Waals surface area contributed by atoms with Crippen LogP contribution in [0.5, 0.6) is 0 Å². The number of nitrogens with zero attached hydrogens (tertiary/aromatic N) is 2. The van der Waals surface area contributed by atoms with E-state index in [4.69, 9.17) is 0 Å². The topological polar surface area (TPSA) is 47.6 Å². The maximum Gasteiger partial charge on any atom is 0.257 e. The minimum atomic E-state index is -0.254. The molecule has 140 valence electrons. The molecule has 2 aromatic carbocycles. The van der Waals surface area contributed by atoms with Gasteiger partial charge >= 0.3 is 0 Å². The number of aryl methyl sites for hydroxylation is 1. The zero-order chi connectivity index (χ0) is 19.0. The molecule has 1 saturated heterocycles. The van der Waals surface area contributed by atoms with Gasteiger partial charge in [-0.05, 0) is 43.8 Å². The Hall–Kier alpha value is -2.86. The zero-order valence-electron chi connectivity index (χ0n) is 15.6. The van der Waals surface area contributed by atoms with Crippen molar-refractivity contribution in [3.8, 4) is 0 Å². The van der Waals surface area contributed by atoms with Gasteiger partial charge in [0.05, 0.1) is 11.3 Å². The number of rotatable bonds is 3. The van der Waals surface area contributed by atoms with Gasteiger partial charge in [-0.1, -0.05) is 12.1 Å². The SMILES string of the molecule is Cc1cccc2c1C(=CNc1ccc(N3CCN(C)CC3)c(F)c1)C(=O)N2. The monoisotopic (exact) mass is 366 g/mol. The summed E-state index contributed by atoms with van der Waals surface area (Å²) < 4.78 is 14.6. The number of nitrogens with one attached hydrogen (secondary N) is 2. The van der Waals surface area contributed by atoms with E-state index in [1.165, 1.54) is 6.07 Å². The van der Waals surface area contributed by atoms with Gasteiger partial charge in [-0.2, -0.15) is 0 Å². The Morgan fingerprint density at radius 1 is 1.15 bits per heavy atom. The van der Waals surface area contributed by atoms with E-state index in [-0.39, 0.29) is 11.7 Å². The van der Waals surface area contributed by atoms with Crippen LogP contribution in [0, 0.1) is 12.7 Å². The van der Waals surface area contributed by atoms with Crippen molar-refractivity contribution in [1.29, 1.82) is 0 Å². The molecule has 2 heterocycles. The molecule has 1 fully saturated rings. The van der Waals surface area contributed by atoms with Gasteiger partial charge in [0, 0.05) is 49.3 Å². The summed E-state index contributed by atoms with van der Waals surface area (Å²) in [5, 5.41) is 5.93. The predicted molar refractivity (Wildman–Crippen MR) is 108 cm³/mol. The third-order valence-corrected chi connectivity index (χ3v) is 5.21. The molecular formula is C21H23FN4O. The van der Waals surface area contributed by atoms with E-state index < -0.39 is 0 Å². The minimum absolute atomic E-state index is 0.152. The van der Waals surface area contributed by atoms with Crippen LogP contribution >= 0.6 is 0 Å². The van der Waals surface area contributed by atoms with Crippen LogP contribution in [0.3, 0.4) is 0 Å². The highest BCUT2D eigenvalue weighted by atomic mass is 19.1. The summed E-state index contributed by atoms with van der Waals surface area (Å²) in [6.07, 6.45) is 1.65. The number of hydrogen-bond acceptors (Lipinski definition) is 4. The number of hydrogen-bond donors (Lipinski definition) is 2. The van der Waals surface area contributed by atoms with Crippen LogP contribution in [-0.4, -0.2) is 44.0 Å². The first kappa shape index (κ1) is 17.5. The number of carbonyl (C=O) groups excluding carboxylic acids is 1. The lowest BCUT2D eigenvalue weighted by atomic mass is 10.0. The molecule has 2 N–H and O–H groups in total. The van der Waals surface area contributed by atoms with Crippen molar-refractivity contribution in [2.75, 3.05) is 48.8 Å². The van der Waals surface area contributed by atoms with Gasteiger partial charge in [0.2, 0.25) is 0 Å². The Bertz CT molecular complexity index is 916. The largest absolute Gasteiger partial charge is 0.367 e. The van der Waals surface area contributed by atoms with E-state index in [2.05, 4.69) is 27.5 Å². The number of likely N-dealkylation sites (N-methyl/N-ethyl adjacent to an activating group) is 1. The Labute approximate surface area is 158 Å². The smallest absolute Gasteiger partial charge is 0.257 e. The number of anilines is 3. The lowest BCUT2D eigenvalue weighted by molar-refractivity contribution is -0.110. The van der Waals surface area contributed by atoms with Crippen LogP contribution in [0.1, 0.15) is 11.1 Å². The van der Waals surface area contributed by atoms with Crippen LogP contribution in [0.25, 0.3) is 5.57 Å². The number of amides is 1. The second-order valence-electron chi connectivity index (χ2n) is 7.11. The average Bonchev–Trinajstić information content (AvgIpc) is 2.97. The molecule has 2 aliphatic heterocycles. The molecule has 0 unspecified atom stereocenters. The lowest BCUT2D eigenvalue weighted by Gasteiger charge is -2.34. The fourth-order valence-corrected chi connectivity index (χ4v) is 3.63. The van der Waals surface area contributed by atoms with E-state index in [0.717, 1.165) is 43.0 Å². The lowest BCUT2D eigenvalue weighted by Crippen LogP contribution is -2.44. The summed E-state index contributed by atoms with van der Waals surface area (Å²) in [6, 6.07) is 10.9. The van der Waals surface area contributed by atoms with E-state index in [0.29, 0.717) is 16.9 Å². The maximum atomic E-state index is 14.6. The molecular weight excluding hydrogens is 343 g/mol. The summed E-state index contributed by atoms with van der Waals surface area (Å²) in [4.78, 5) is 16.6. The molecule has 5 nitrogen and oxygen atoms in total. The number of halogens is 1. The fourth-order valence-electron chi connectivity index (χ4n) is 3.63. The fraction of sp³-hybridized carbons (Fsp3) is 0.286. The second kappa shape index (κ2) is 7.04. The van der Waals surface area contributed by atoms with Gasteiger partial charge < -0.3 is 20.4 Å². The zero-order valence-corrected chi connectivity index (χ0v) is 15.6. The maximum absolute atomic E-state index is 14.6. The van der Waals surface area contributed by atoms with Gasteiger partial charge in [-0.3, -0.25) is 4.79 Å². The molecule has 27 heavy (non-hydrogen) atoms. The Morgan fingerprint density at radius 3 is 2.67 bits per heavy atom. The van der Waals surface area contributed by atoms with Crippen molar-refractivity contribution in [1.82, 2.24) is 4.90 Å². The highest BCUT2D eigenvalue weighted by Gasteiger charge is 2.25. The van der Waals surface area contributed by atoms with Crippen molar-refractivity contribution in [3.05, 3.63) is 59.5 Å². The van der Waals surface area contributed by atoms with E-state index in [1.54, 1.807) is 12.3 Å². The first-order valence-corrected chi connectivity index (χ1v) is 9.14. The number of fused-ring (bicyclic) bond motifs is 1. The first-order chi connectivity index (χ1) is 13.0. The van der Waals surface area contributed by atoms with Crippen molar-refractivity contribution in [2.45, 2.75) is 6.92 Å². The third-order valence-electron chi connectivity index (χ3n) is 5.21. The highest BCUT2D eigenvalue weighted by molar-refractivity contribution is 6.32. The van der Waals surface area contributed by atoms with Gasteiger partial charge in [-0.15, -0.1) is 0 Å². The van der Waals surface area contributed by atoms with Gasteiger partial charge in [-0.25, -0.2) is 4.39 Å². The van der Waals surface area contributed by atoms with Crippen LogP contribution in [0.4, 0.5) is 21.5 Å². The van der Waals surface area contributed by atoms with Crippen molar-refractivity contribution in [3.63, 3.8) is 0 Å². The summed E-state index contributed by atoms with van der Waals surface area (Å²) in [5.74, 6) is -0.406. The molecule has 0 radical (unpaired) electrons. The van der Waals surface area contributed by atoms with Crippen LogP contribution in [0.15, 0.2) is 42.6 Å². The van der Waals surface area contributed by atoms with Gasteiger partial charge in [0.15, 0.2) is 0 Å². The number of piperazine rings is 1. The molecule has 2 aromatic rings. The molecule has 2 aliphatic rings. The summed E-state index contributed by atoms with van der Waals surface area (Å²) in [6.45, 7) is 5.47. The molecule has 1 amide bonds. The van der Waals surface area contributed by atoms with Crippen LogP contribution in [-0.2, 0) is 4.79 Å². The molecule has 0 aliphatic carbocycles. The number of carbonyl (C=O) groups is 1. The van der Waals surface area contributed by atoms with Gasteiger partial charge in [0.25, 0.3) is 5.91 Å². The molecule has 4 rings (SSSR count). The summed E-state index contributed by atoms with van der Waals surface area (Å²) in [5.41, 5.74) is 4.53. The van der Waals surface area contributed by atoms with E-state index >= 15 is 0 Å². The van der Waals surface area contributed by atoms with Crippen molar-refractivity contribution >= 4 is 28.5 Å². The molecule has 0 aromatic heterocycles. The van der Waals surface area contributed by atoms with Crippen LogP contribution < -0.4 is 15.5 Å². The Kier molecular flexibility index (Phi) is 4.58.